The third-order valence-electron chi connectivity index (χ3n) is 1.59. The highest BCUT2D eigenvalue weighted by atomic mass is 32.2. The first-order valence-electron chi connectivity index (χ1n) is 4.29. The maximum absolute atomic E-state index is 5.56. The van der Waals surface area contributed by atoms with Gasteiger partial charge in [0, 0.05) is 12.6 Å². The number of hydrogen-bond donors (Lipinski definition) is 2. The van der Waals surface area contributed by atoms with Crippen molar-refractivity contribution in [3.05, 3.63) is 0 Å². The summed E-state index contributed by atoms with van der Waals surface area (Å²) in [6.45, 7) is 3.46. The molecule has 70 valence electrons. The van der Waals surface area contributed by atoms with Crippen LogP contribution in [0.25, 0.3) is 0 Å². The smallest absolute Gasteiger partial charge is 0.0576 e. The molecule has 0 bridgehead atoms. The van der Waals surface area contributed by atoms with Gasteiger partial charge in [0.05, 0.1) is 6.54 Å². The summed E-state index contributed by atoms with van der Waals surface area (Å²) in [7, 11) is 0. The number of terminal acetylenes is 1. The van der Waals surface area contributed by atoms with Crippen molar-refractivity contribution in [1.82, 2.24) is 5.32 Å². The Balaban J connectivity index is 3.34. The van der Waals surface area contributed by atoms with Crippen LogP contribution in [0.15, 0.2) is 0 Å². The minimum Gasteiger partial charge on any atom is -0.329 e. The van der Waals surface area contributed by atoms with E-state index in [0.717, 1.165) is 12.2 Å². The maximum Gasteiger partial charge on any atom is 0.0576 e. The molecule has 0 aliphatic rings. The van der Waals surface area contributed by atoms with E-state index in [2.05, 4.69) is 18.2 Å². The molecule has 1 unspecified atom stereocenters. The molecule has 1 atom stereocenters. The minimum absolute atomic E-state index is 0.389. The van der Waals surface area contributed by atoms with Crippen molar-refractivity contribution >= 4 is 11.8 Å². The van der Waals surface area contributed by atoms with Crippen molar-refractivity contribution in [2.75, 3.05) is 24.6 Å². The van der Waals surface area contributed by atoms with Gasteiger partial charge in [-0.25, -0.2) is 0 Å². The Bertz CT molecular complexity index is 131. The first-order chi connectivity index (χ1) is 5.85. The Hall–Kier alpha value is -0.170. The predicted molar refractivity (Wildman–Crippen MR) is 57.3 cm³/mol. The van der Waals surface area contributed by atoms with Crippen LogP contribution in [0.5, 0.6) is 0 Å². The summed E-state index contributed by atoms with van der Waals surface area (Å²) in [5, 5.41) is 3.20. The van der Waals surface area contributed by atoms with Gasteiger partial charge in [-0.2, -0.15) is 11.8 Å². The Morgan fingerprint density at radius 1 is 1.67 bits per heavy atom. The van der Waals surface area contributed by atoms with E-state index >= 15 is 0 Å². The summed E-state index contributed by atoms with van der Waals surface area (Å²) in [6, 6.07) is 0.389. The van der Waals surface area contributed by atoms with Crippen molar-refractivity contribution in [1.29, 1.82) is 0 Å². The van der Waals surface area contributed by atoms with E-state index in [1.807, 2.05) is 11.8 Å². The van der Waals surface area contributed by atoms with Crippen LogP contribution in [0.4, 0.5) is 0 Å². The van der Waals surface area contributed by atoms with Gasteiger partial charge in [-0.15, -0.1) is 6.42 Å². The highest BCUT2D eigenvalue weighted by Gasteiger charge is 2.03. The quantitative estimate of drug-likeness (QED) is 0.453. The van der Waals surface area contributed by atoms with Gasteiger partial charge >= 0.3 is 0 Å². The number of thioether (sulfide) groups is 1. The molecule has 0 radical (unpaired) electrons. The zero-order chi connectivity index (χ0) is 9.23. The molecule has 3 heteroatoms. The van der Waals surface area contributed by atoms with E-state index in [-0.39, 0.29) is 0 Å². The lowest BCUT2D eigenvalue weighted by Crippen LogP contribution is -2.36. The molecule has 2 nitrogen and oxygen atoms in total. The molecule has 0 fully saturated rings. The maximum atomic E-state index is 5.56. The molecule has 0 amide bonds. The third-order valence-corrected chi connectivity index (χ3v) is 2.52. The Morgan fingerprint density at radius 3 is 2.92 bits per heavy atom. The molecule has 0 aromatic heterocycles. The van der Waals surface area contributed by atoms with Crippen LogP contribution in [0.3, 0.4) is 0 Å². The normalized spacial score (nSPS) is 12.4. The van der Waals surface area contributed by atoms with Gasteiger partial charge in [0.1, 0.15) is 0 Å². The molecule has 0 spiro atoms. The number of nitrogens with two attached hydrogens (primary N) is 1. The Kier molecular flexibility index (Phi) is 8.80. The zero-order valence-corrected chi connectivity index (χ0v) is 8.49. The van der Waals surface area contributed by atoms with E-state index in [4.69, 9.17) is 12.2 Å². The summed E-state index contributed by atoms with van der Waals surface area (Å²) in [5.74, 6) is 4.89. The average Bonchev–Trinajstić information content (AvgIpc) is 2.11. The average molecular weight is 186 g/mol. The SMILES string of the molecule is C#CCNC(CN)CCSCC. The van der Waals surface area contributed by atoms with Gasteiger partial charge in [-0.3, -0.25) is 0 Å². The van der Waals surface area contributed by atoms with Crippen LogP contribution in [0, 0.1) is 12.3 Å². The number of hydrogen-bond acceptors (Lipinski definition) is 3. The van der Waals surface area contributed by atoms with Crippen molar-refractivity contribution < 1.29 is 0 Å². The summed E-state index contributed by atoms with van der Waals surface area (Å²) < 4.78 is 0. The molecule has 0 rings (SSSR count). The van der Waals surface area contributed by atoms with Gasteiger partial charge in [0.2, 0.25) is 0 Å². The van der Waals surface area contributed by atoms with Gasteiger partial charge in [0.15, 0.2) is 0 Å². The highest BCUT2D eigenvalue weighted by molar-refractivity contribution is 7.99. The first kappa shape index (κ1) is 11.8. The predicted octanol–water partition coefficient (Wildman–Crippen LogP) is 0.680. The minimum atomic E-state index is 0.389. The second-order valence-electron chi connectivity index (χ2n) is 2.50. The molecule has 0 aromatic rings. The van der Waals surface area contributed by atoms with E-state index in [1.54, 1.807) is 0 Å². The van der Waals surface area contributed by atoms with Gasteiger partial charge < -0.3 is 11.1 Å². The summed E-state index contributed by atoms with van der Waals surface area (Å²) in [5.41, 5.74) is 5.56. The Labute approximate surface area is 79.7 Å². The molecule has 0 aromatic carbocycles. The lowest BCUT2D eigenvalue weighted by molar-refractivity contribution is 0.541. The van der Waals surface area contributed by atoms with Crippen molar-refractivity contribution in [3.8, 4) is 12.3 Å². The lowest BCUT2D eigenvalue weighted by Gasteiger charge is -2.14. The molecule has 3 N–H and O–H groups in total. The number of nitrogens with one attached hydrogen (secondary N) is 1. The topological polar surface area (TPSA) is 38.0 Å². The molecule has 12 heavy (non-hydrogen) atoms. The molecular formula is C9H18N2S. The third kappa shape index (κ3) is 6.53. The fourth-order valence-corrected chi connectivity index (χ4v) is 1.62. The fourth-order valence-electron chi connectivity index (χ4n) is 0.876. The first-order valence-corrected chi connectivity index (χ1v) is 5.45. The van der Waals surface area contributed by atoms with Gasteiger partial charge in [-0.05, 0) is 17.9 Å². The largest absolute Gasteiger partial charge is 0.329 e. The van der Waals surface area contributed by atoms with Crippen molar-refractivity contribution in [2.24, 2.45) is 5.73 Å². The van der Waals surface area contributed by atoms with Crippen LogP contribution in [-0.2, 0) is 0 Å². The standard InChI is InChI=1S/C9H18N2S/c1-3-6-11-9(8-10)5-7-12-4-2/h1,9,11H,4-8,10H2,2H3. The fraction of sp³-hybridized carbons (Fsp3) is 0.778. The molecule has 0 saturated carbocycles. The van der Waals surface area contributed by atoms with Crippen molar-refractivity contribution in [3.63, 3.8) is 0 Å². The second-order valence-corrected chi connectivity index (χ2v) is 3.90. The van der Waals surface area contributed by atoms with Crippen LogP contribution in [0.2, 0.25) is 0 Å². The summed E-state index contributed by atoms with van der Waals surface area (Å²) in [4.78, 5) is 0. The van der Waals surface area contributed by atoms with E-state index in [9.17, 15) is 0 Å². The highest BCUT2D eigenvalue weighted by Crippen LogP contribution is 2.02. The summed E-state index contributed by atoms with van der Waals surface area (Å²) >= 11 is 1.94. The summed E-state index contributed by atoms with van der Waals surface area (Å²) in [6.07, 6.45) is 6.24. The van der Waals surface area contributed by atoms with E-state index in [1.165, 1.54) is 5.75 Å². The molecule has 0 heterocycles. The van der Waals surface area contributed by atoms with Crippen molar-refractivity contribution in [2.45, 2.75) is 19.4 Å². The molecule has 0 saturated heterocycles. The Morgan fingerprint density at radius 2 is 2.42 bits per heavy atom. The monoisotopic (exact) mass is 186 g/mol. The van der Waals surface area contributed by atoms with Gasteiger partial charge in [-0.1, -0.05) is 12.8 Å². The van der Waals surface area contributed by atoms with Crippen LogP contribution >= 0.6 is 11.8 Å². The number of rotatable bonds is 7. The van der Waals surface area contributed by atoms with E-state index < -0.39 is 0 Å². The van der Waals surface area contributed by atoms with Gasteiger partial charge in [0.25, 0.3) is 0 Å². The van der Waals surface area contributed by atoms with Crippen LogP contribution in [-0.4, -0.2) is 30.6 Å². The second kappa shape index (κ2) is 8.92. The molecular weight excluding hydrogens is 168 g/mol. The van der Waals surface area contributed by atoms with Crippen LogP contribution < -0.4 is 11.1 Å². The zero-order valence-electron chi connectivity index (χ0n) is 7.68. The van der Waals surface area contributed by atoms with Crippen LogP contribution in [0.1, 0.15) is 13.3 Å². The molecule has 0 aliphatic heterocycles. The molecule has 0 aliphatic carbocycles. The van der Waals surface area contributed by atoms with E-state index in [0.29, 0.717) is 19.1 Å². The lowest BCUT2D eigenvalue weighted by atomic mass is 10.2.